The summed E-state index contributed by atoms with van der Waals surface area (Å²) in [5.74, 6) is 0.920. The summed E-state index contributed by atoms with van der Waals surface area (Å²) in [6.45, 7) is 3.75. The molecule has 2 aromatic rings. The van der Waals surface area contributed by atoms with Crippen LogP contribution in [0, 0.1) is 0 Å². The summed E-state index contributed by atoms with van der Waals surface area (Å²) >= 11 is 0. The minimum absolute atomic E-state index is 0.122. The molecule has 2 rings (SSSR count). The summed E-state index contributed by atoms with van der Waals surface area (Å²) in [5, 5.41) is 0. The lowest BCUT2D eigenvalue weighted by molar-refractivity contribution is 0.0943. The molecule has 3 nitrogen and oxygen atoms in total. The molecule has 110 valence electrons. The van der Waals surface area contributed by atoms with Gasteiger partial charge in [0.1, 0.15) is 5.75 Å². The largest absolute Gasteiger partial charge is 0.494 e. The smallest absolute Gasteiger partial charge is 0.176 e. The topological polar surface area (TPSA) is 29.5 Å². The highest BCUT2D eigenvalue weighted by Gasteiger charge is 2.09. The summed E-state index contributed by atoms with van der Waals surface area (Å²) in [6, 6.07) is 17.5. The summed E-state index contributed by atoms with van der Waals surface area (Å²) in [6.07, 6.45) is 0. The van der Waals surface area contributed by atoms with Gasteiger partial charge < -0.3 is 4.74 Å². The zero-order valence-electron chi connectivity index (χ0n) is 12.6. The highest BCUT2D eigenvalue weighted by molar-refractivity contribution is 5.97. The van der Waals surface area contributed by atoms with Crippen LogP contribution in [-0.2, 0) is 6.54 Å². The molecule has 0 aliphatic carbocycles. The molecule has 0 radical (unpaired) electrons. The average Bonchev–Trinajstić information content (AvgIpc) is 2.49. The van der Waals surface area contributed by atoms with Crippen molar-refractivity contribution in [2.45, 2.75) is 13.5 Å². The third-order valence-electron chi connectivity index (χ3n) is 3.20. The van der Waals surface area contributed by atoms with Crippen LogP contribution in [-0.4, -0.2) is 30.9 Å². The van der Waals surface area contributed by atoms with Crippen molar-refractivity contribution in [2.75, 3.05) is 20.2 Å². The predicted molar refractivity (Wildman–Crippen MR) is 84.7 cm³/mol. The number of ketones is 1. The standard InChI is InChI=1S/C18H21NO2/c1-3-21-17-11-9-16(10-12-17)18(20)14-19(2)13-15-7-5-4-6-8-15/h4-12H,3,13-14H2,1-2H3. The molecular formula is C18H21NO2. The van der Waals surface area contributed by atoms with Crippen LogP contribution in [0.3, 0.4) is 0 Å². The maximum atomic E-state index is 12.2. The first-order chi connectivity index (χ1) is 10.2. The molecule has 0 N–H and O–H groups in total. The van der Waals surface area contributed by atoms with Gasteiger partial charge in [0.05, 0.1) is 13.2 Å². The van der Waals surface area contributed by atoms with Crippen molar-refractivity contribution in [1.29, 1.82) is 0 Å². The van der Waals surface area contributed by atoms with Crippen LogP contribution in [0.4, 0.5) is 0 Å². The molecule has 3 heteroatoms. The van der Waals surface area contributed by atoms with E-state index in [9.17, 15) is 4.79 Å². The van der Waals surface area contributed by atoms with Crippen LogP contribution in [0.2, 0.25) is 0 Å². The quantitative estimate of drug-likeness (QED) is 0.729. The maximum absolute atomic E-state index is 12.2. The second-order valence-corrected chi connectivity index (χ2v) is 5.04. The first-order valence-corrected chi connectivity index (χ1v) is 7.17. The van der Waals surface area contributed by atoms with Gasteiger partial charge in [-0.3, -0.25) is 9.69 Å². The number of ether oxygens (including phenoxy) is 1. The highest BCUT2D eigenvalue weighted by Crippen LogP contribution is 2.13. The lowest BCUT2D eigenvalue weighted by atomic mass is 10.1. The van der Waals surface area contributed by atoms with Gasteiger partial charge in [-0.25, -0.2) is 0 Å². The summed E-state index contributed by atoms with van der Waals surface area (Å²) < 4.78 is 5.38. The van der Waals surface area contributed by atoms with E-state index in [0.29, 0.717) is 13.2 Å². The van der Waals surface area contributed by atoms with Crippen molar-refractivity contribution in [3.05, 3.63) is 65.7 Å². The fourth-order valence-electron chi connectivity index (χ4n) is 2.19. The van der Waals surface area contributed by atoms with Crippen LogP contribution < -0.4 is 4.74 Å². The molecule has 0 unspecified atom stereocenters. The Morgan fingerprint density at radius 3 is 2.33 bits per heavy atom. The normalized spacial score (nSPS) is 10.6. The Bertz CT molecular complexity index is 564. The average molecular weight is 283 g/mol. The predicted octanol–water partition coefficient (Wildman–Crippen LogP) is 3.40. The number of Topliss-reactive ketones (excluding diaryl/α,β-unsaturated/α-hetero) is 1. The molecule has 2 aromatic carbocycles. The van der Waals surface area contributed by atoms with Gasteiger partial charge in [-0.05, 0) is 43.8 Å². The van der Waals surface area contributed by atoms with Crippen molar-refractivity contribution < 1.29 is 9.53 Å². The first-order valence-electron chi connectivity index (χ1n) is 7.17. The van der Waals surface area contributed by atoms with E-state index in [1.165, 1.54) is 5.56 Å². The minimum Gasteiger partial charge on any atom is -0.494 e. The van der Waals surface area contributed by atoms with E-state index in [-0.39, 0.29) is 5.78 Å². The van der Waals surface area contributed by atoms with Gasteiger partial charge in [0, 0.05) is 12.1 Å². The first kappa shape index (κ1) is 15.3. The molecule has 21 heavy (non-hydrogen) atoms. The van der Waals surface area contributed by atoms with Crippen LogP contribution >= 0.6 is 0 Å². The van der Waals surface area contributed by atoms with E-state index in [1.54, 1.807) is 0 Å². The number of carbonyl (C=O) groups excluding carboxylic acids is 1. The molecule has 0 spiro atoms. The van der Waals surface area contributed by atoms with Gasteiger partial charge in [0.15, 0.2) is 5.78 Å². The minimum atomic E-state index is 0.122. The third-order valence-corrected chi connectivity index (χ3v) is 3.20. The maximum Gasteiger partial charge on any atom is 0.176 e. The van der Waals surface area contributed by atoms with Crippen LogP contribution in [0.5, 0.6) is 5.75 Å². The van der Waals surface area contributed by atoms with Gasteiger partial charge in [-0.2, -0.15) is 0 Å². The van der Waals surface area contributed by atoms with E-state index in [4.69, 9.17) is 4.74 Å². The Labute approximate surface area is 126 Å². The Balaban J connectivity index is 1.91. The van der Waals surface area contributed by atoms with Crippen molar-refractivity contribution in [3.8, 4) is 5.75 Å². The number of likely N-dealkylation sites (N-methyl/N-ethyl adjacent to an activating group) is 1. The van der Waals surface area contributed by atoms with Gasteiger partial charge >= 0.3 is 0 Å². The van der Waals surface area contributed by atoms with Gasteiger partial charge in [-0.15, -0.1) is 0 Å². The van der Waals surface area contributed by atoms with Crippen LogP contribution in [0.1, 0.15) is 22.8 Å². The van der Waals surface area contributed by atoms with E-state index in [2.05, 4.69) is 12.1 Å². The van der Waals surface area contributed by atoms with E-state index in [1.807, 2.05) is 61.3 Å². The van der Waals surface area contributed by atoms with Gasteiger partial charge in [0.2, 0.25) is 0 Å². The highest BCUT2D eigenvalue weighted by atomic mass is 16.5. The number of hydrogen-bond donors (Lipinski definition) is 0. The number of benzene rings is 2. The molecule has 0 heterocycles. The molecule has 0 fully saturated rings. The number of carbonyl (C=O) groups is 1. The molecule has 0 amide bonds. The molecule has 0 aromatic heterocycles. The Morgan fingerprint density at radius 1 is 1.05 bits per heavy atom. The van der Waals surface area contributed by atoms with E-state index in [0.717, 1.165) is 17.9 Å². The fraction of sp³-hybridized carbons (Fsp3) is 0.278. The molecule has 0 aliphatic heterocycles. The number of hydrogen-bond acceptors (Lipinski definition) is 3. The lowest BCUT2D eigenvalue weighted by Gasteiger charge is -2.16. The van der Waals surface area contributed by atoms with Crippen molar-refractivity contribution in [2.24, 2.45) is 0 Å². The zero-order valence-corrected chi connectivity index (χ0v) is 12.6. The summed E-state index contributed by atoms with van der Waals surface area (Å²) in [4.78, 5) is 14.3. The van der Waals surface area contributed by atoms with Gasteiger partial charge in [-0.1, -0.05) is 30.3 Å². The van der Waals surface area contributed by atoms with Crippen LogP contribution in [0.15, 0.2) is 54.6 Å². The summed E-state index contributed by atoms with van der Waals surface area (Å²) in [7, 11) is 1.96. The lowest BCUT2D eigenvalue weighted by Crippen LogP contribution is -2.25. The van der Waals surface area contributed by atoms with E-state index < -0.39 is 0 Å². The fourth-order valence-corrected chi connectivity index (χ4v) is 2.19. The Kier molecular flexibility index (Phi) is 5.52. The van der Waals surface area contributed by atoms with Crippen LogP contribution in [0.25, 0.3) is 0 Å². The molecule has 0 saturated carbocycles. The van der Waals surface area contributed by atoms with Crippen molar-refractivity contribution in [1.82, 2.24) is 4.90 Å². The monoisotopic (exact) mass is 283 g/mol. The third kappa shape index (κ3) is 4.72. The molecule has 0 saturated heterocycles. The zero-order chi connectivity index (χ0) is 15.1. The summed E-state index contributed by atoms with van der Waals surface area (Å²) in [5.41, 5.74) is 1.93. The SMILES string of the molecule is CCOc1ccc(C(=O)CN(C)Cc2ccccc2)cc1. The second-order valence-electron chi connectivity index (χ2n) is 5.04. The number of rotatable bonds is 7. The van der Waals surface area contributed by atoms with Gasteiger partial charge in [0.25, 0.3) is 0 Å². The molecule has 0 aliphatic rings. The van der Waals surface area contributed by atoms with E-state index >= 15 is 0 Å². The molecule has 0 bridgehead atoms. The molecule has 0 atom stereocenters. The second kappa shape index (κ2) is 7.60. The Morgan fingerprint density at radius 2 is 1.71 bits per heavy atom. The van der Waals surface area contributed by atoms with Crippen molar-refractivity contribution >= 4 is 5.78 Å². The Hall–Kier alpha value is -2.13. The number of nitrogens with zero attached hydrogens (tertiary/aromatic N) is 1. The molecular weight excluding hydrogens is 262 g/mol. The van der Waals surface area contributed by atoms with Crippen molar-refractivity contribution in [3.63, 3.8) is 0 Å².